The first-order valence-corrected chi connectivity index (χ1v) is 6.14. The molecule has 1 aromatic heterocycles. The van der Waals surface area contributed by atoms with Crippen molar-refractivity contribution in [2.24, 2.45) is 0 Å². The molecule has 3 heteroatoms. The number of rotatable bonds is 1. The van der Waals surface area contributed by atoms with E-state index >= 15 is 0 Å². The summed E-state index contributed by atoms with van der Waals surface area (Å²) in [5, 5.41) is 11.1. The Bertz CT molecular complexity index is 330. The van der Waals surface area contributed by atoms with Gasteiger partial charge in [0, 0.05) is 10.8 Å². The summed E-state index contributed by atoms with van der Waals surface area (Å²) in [6.45, 7) is 2.29. The quantitative estimate of drug-likeness (QED) is 0.508. The Morgan fingerprint density at radius 1 is 1.50 bits per heavy atom. The summed E-state index contributed by atoms with van der Waals surface area (Å²) in [5.41, 5.74) is 1.53. The van der Waals surface area contributed by atoms with Crippen LogP contribution in [0.5, 0.6) is 0 Å². The third-order valence-corrected chi connectivity index (χ3v) is 4.30. The second-order valence-corrected chi connectivity index (χ2v) is 5.12. The van der Waals surface area contributed by atoms with Gasteiger partial charge < -0.3 is 0 Å². The maximum atomic E-state index is 8.90. The number of hydrogen-bond acceptors (Lipinski definition) is 2. The molecule has 0 fully saturated rings. The first-order chi connectivity index (χ1) is 6.81. The molecule has 72 valence electrons. The summed E-state index contributed by atoms with van der Waals surface area (Å²) in [6, 6.07) is 2.25. The number of hydrogen-bond donors (Lipinski definition) is 0. The molecule has 1 heterocycles. The Balaban J connectivity index is 2.07. The zero-order valence-corrected chi connectivity index (χ0v) is 9.31. The molecule has 0 saturated carbocycles. The highest BCUT2D eigenvalue weighted by atomic mass is 32.1. The highest BCUT2D eigenvalue weighted by Gasteiger charge is 2.24. The SMILES string of the molecule is CB(C#N)C1CCc2ccsc2CC1. The molecule has 14 heavy (non-hydrogen) atoms. The molecular formula is C11H14BNS. The third kappa shape index (κ3) is 1.86. The van der Waals surface area contributed by atoms with Gasteiger partial charge in [0.1, 0.15) is 0 Å². The van der Waals surface area contributed by atoms with E-state index in [1.807, 2.05) is 11.3 Å². The van der Waals surface area contributed by atoms with Crippen LogP contribution < -0.4 is 0 Å². The molecule has 0 saturated heterocycles. The summed E-state index contributed by atoms with van der Waals surface area (Å²) in [7, 11) is 0. The van der Waals surface area contributed by atoms with Crippen molar-refractivity contribution in [2.75, 3.05) is 0 Å². The van der Waals surface area contributed by atoms with Gasteiger partial charge in [0.05, 0.1) is 0 Å². The summed E-state index contributed by atoms with van der Waals surface area (Å²) < 4.78 is 0. The minimum Gasteiger partial charge on any atom is -0.213 e. The van der Waals surface area contributed by atoms with Crippen molar-refractivity contribution < 1.29 is 0 Å². The summed E-state index contributed by atoms with van der Waals surface area (Å²) in [6.07, 6.45) is 4.75. The molecule has 1 aliphatic carbocycles. The lowest BCUT2D eigenvalue weighted by atomic mass is 9.42. The minimum atomic E-state index is 0.226. The third-order valence-electron chi connectivity index (χ3n) is 3.28. The van der Waals surface area contributed by atoms with Crippen LogP contribution in [0.4, 0.5) is 0 Å². The van der Waals surface area contributed by atoms with Crippen molar-refractivity contribution in [2.45, 2.75) is 38.3 Å². The molecule has 0 radical (unpaired) electrons. The molecule has 0 spiro atoms. The Kier molecular flexibility index (Phi) is 2.93. The van der Waals surface area contributed by atoms with E-state index in [2.05, 4.69) is 24.2 Å². The second-order valence-electron chi connectivity index (χ2n) is 4.12. The lowest BCUT2D eigenvalue weighted by Gasteiger charge is -2.12. The fourth-order valence-corrected chi connectivity index (χ4v) is 3.17. The summed E-state index contributed by atoms with van der Waals surface area (Å²) in [4.78, 5) is 1.55. The van der Waals surface area contributed by atoms with E-state index in [4.69, 9.17) is 5.26 Å². The second kappa shape index (κ2) is 4.19. The van der Waals surface area contributed by atoms with Crippen molar-refractivity contribution in [1.82, 2.24) is 0 Å². The Morgan fingerprint density at radius 3 is 3.07 bits per heavy atom. The lowest BCUT2D eigenvalue weighted by Crippen LogP contribution is -2.14. The monoisotopic (exact) mass is 203 g/mol. The molecule has 0 aromatic carbocycles. The van der Waals surface area contributed by atoms with Gasteiger partial charge in [-0.2, -0.15) is 0 Å². The highest BCUT2D eigenvalue weighted by molar-refractivity contribution is 7.10. The van der Waals surface area contributed by atoms with Gasteiger partial charge in [0.15, 0.2) is 0 Å². The van der Waals surface area contributed by atoms with Crippen molar-refractivity contribution in [3.05, 3.63) is 21.9 Å². The maximum absolute atomic E-state index is 8.90. The maximum Gasteiger partial charge on any atom is 0.267 e. The standard InChI is InChI=1S/C11H14BNS/c1-12(8-13)10-3-2-9-6-7-14-11(9)5-4-10/h6-7,10H,2-5H2,1H3. The van der Waals surface area contributed by atoms with E-state index in [9.17, 15) is 0 Å². The molecule has 1 nitrogen and oxygen atoms in total. The zero-order chi connectivity index (χ0) is 9.97. The Hall–Kier alpha value is -0.745. The van der Waals surface area contributed by atoms with Crippen molar-refractivity contribution >= 4 is 18.0 Å². The molecule has 0 aliphatic heterocycles. The summed E-state index contributed by atoms with van der Waals surface area (Å²) >= 11 is 1.88. The van der Waals surface area contributed by atoms with Crippen LogP contribution in [0.15, 0.2) is 11.4 Å². The topological polar surface area (TPSA) is 23.8 Å². The van der Waals surface area contributed by atoms with Gasteiger partial charge in [-0.3, -0.25) is 0 Å². The predicted octanol–water partition coefficient (Wildman–Crippen LogP) is 3.18. The van der Waals surface area contributed by atoms with Crippen LogP contribution >= 0.6 is 11.3 Å². The van der Waals surface area contributed by atoms with Gasteiger partial charge in [0.25, 0.3) is 6.71 Å². The minimum absolute atomic E-state index is 0.226. The fourth-order valence-electron chi connectivity index (χ4n) is 2.22. The van der Waals surface area contributed by atoms with E-state index in [-0.39, 0.29) is 6.71 Å². The van der Waals surface area contributed by atoms with Gasteiger partial charge in [-0.05, 0) is 35.7 Å². The molecule has 1 atom stereocenters. The van der Waals surface area contributed by atoms with Gasteiger partial charge in [-0.1, -0.05) is 19.7 Å². The number of fused-ring (bicyclic) bond motifs is 1. The molecule has 0 N–H and O–H groups in total. The van der Waals surface area contributed by atoms with Crippen LogP contribution in [-0.4, -0.2) is 6.71 Å². The number of aryl methyl sites for hydroxylation is 2. The highest BCUT2D eigenvalue weighted by Crippen LogP contribution is 2.32. The van der Waals surface area contributed by atoms with Gasteiger partial charge >= 0.3 is 0 Å². The van der Waals surface area contributed by atoms with Gasteiger partial charge in [0.2, 0.25) is 0 Å². The Labute approximate surface area is 89.8 Å². The summed E-state index contributed by atoms with van der Waals surface area (Å²) in [5.74, 6) is 3.00. The molecule has 1 aliphatic rings. The first-order valence-electron chi connectivity index (χ1n) is 5.26. The van der Waals surface area contributed by atoms with Crippen molar-refractivity contribution in [3.8, 4) is 5.97 Å². The average Bonchev–Trinajstić information content (AvgIpc) is 2.56. The van der Waals surface area contributed by atoms with Crippen LogP contribution in [-0.2, 0) is 12.8 Å². The van der Waals surface area contributed by atoms with Crippen LogP contribution in [0.2, 0.25) is 12.6 Å². The molecule has 0 amide bonds. The van der Waals surface area contributed by atoms with E-state index < -0.39 is 0 Å². The average molecular weight is 203 g/mol. The molecule has 1 unspecified atom stereocenters. The van der Waals surface area contributed by atoms with Crippen molar-refractivity contribution in [1.29, 1.82) is 5.26 Å². The fraction of sp³-hybridized carbons (Fsp3) is 0.545. The van der Waals surface area contributed by atoms with E-state index in [0.29, 0.717) is 5.82 Å². The molecule has 1 aromatic rings. The van der Waals surface area contributed by atoms with Crippen LogP contribution in [0, 0.1) is 11.2 Å². The lowest BCUT2D eigenvalue weighted by molar-refractivity contribution is 0.698. The van der Waals surface area contributed by atoms with E-state index in [1.54, 1.807) is 4.88 Å². The first kappa shape index (κ1) is 9.80. The van der Waals surface area contributed by atoms with Crippen molar-refractivity contribution in [3.63, 3.8) is 0 Å². The van der Waals surface area contributed by atoms with Crippen LogP contribution in [0.25, 0.3) is 0 Å². The molecular weight excluding hydrogens is 189 g/mol. The zero-order valence-electron chi connectivity index (χ0n) is 8.49. The van der Waals surface area contributed by atoms with Gasteiger partial charge in [-0.25, -0.2) is 5.26 Å². The molecule has 0 bridgehead atoms. The predicted molar refractivity (Wildman–Crippen MR) is 61.9 cm³/mol. The molecule has 2 rings (SSSR count). The normalized spacial score (nSPS) is 20.7. The smallest absolute Gasteiger partial charge is 0.213 e. The van der Waals surface area contributed by atoms with Gasteiger partial charge in [-0.15, -0.1) is 11.3 Å². The van der Waals surface area contributed by atoms with Crippen LogP contribution in [0.3, 0.4) is 0 Å². The van der Waals surface area contributed by atoms with Crippen LogP contribution in [0.1, 0.15) is 23.3 Å². The number of nitriles is 1. The number of thiophene rings is 1. The van der Waals surface area contributed by atoms with E-state index in [1.165, 1.54) is 31.2 Å². The number of nitrogens with zero attached hydrogens (tertiary/aromatic N) is 1. The Morgan fingerprint density at radius 2 is 2.29 bits per heavy atom. The largest absolute Gasteiger partial charge is 0.267 e. The van der Waals surface area contributed by atoms with E-state index in [0.717, 1.165) is 0 Å².